The molecule has 6 rings (SSSR count). The highest BCUT2D eigenvalue weighted by Crippen LogP contribution is 2.29. The van der Waals surface area contributed by atoms with Crippen molar-refractivity contribution in [3.8, 4) is 0 Å². The van der Waals surface area contributed by atoms with Gasteiger partial charge in [-0.2, -0.15) is 0 Å². The molecule has 4 aliphatic heterocycles. The molecule has 15 heteroatoms. The highest BCUT2D eigenvalue weighted by molar-refractivity contribution is 5.98. The lowest BCUT2D eigenvalue weighted by Gasteiger charge is -2.39. The van der Waals surface area contributed by atoms with Gasteiger partial charge in [0.15, 0.2) is 0 Å². The summed E-state index contributed by atoms with van der Waals surface area (Å²) in [5, 5.41) is 19.3. The number of hydrogen-bond donors (Lipinski definition) is 4. The first-order valence-corrected chi connectivity index (χ1v) is 21.0. The molecule has 0 bridgehead atoms. The lowest BCUT2D eigenvalue weighted by atomic mass is 9.98. The molecule has 0 unspecified atom stereocenters. The second kappa shape index (κ2) is 18.7. The van der Waals surface area contributed by atoms with Gasteiger partial charge in [-0.25, -0.2) is 4.79 Å². The summed E-state index contributed by atoms with van der Waals surface area (Å²) in [6.07, 6.45) is 0.281. The molecule has 6 amide bonds. The first kappa shape index (κ1) is 43.3. The highest BCUT2D eigenvalue weighted by Gasteiger charge is 2.49. The molecular weight excluding hydrogens is 757 g/mol. The largest absolute Gasteiger partial charge is 0.458 e. The van der Waals surface area contributed by atoms with E-state index in [1.165, 1.54) is 21.6 Å². The maximum absolute atomic E-state index is 14.8. The molecule has 9 atom stereocenters. The number of aryl methyl sites for hydroxylation is 2. The van der Waals surface area contributed by atoms with Crippen molar-refractivity contribution in [3.05, 3.63) is 70.8 Å². The van der Waals surface area contributed by atoms with Gasteiger partial charge >= 0.3 is 5.97 Å². The van der Waals surface area contributed by atoms with Gasteiger partial charge in [0.2, 0.25) is 35.4 Å². The van der Waals surface area contributed by atoms with Crippen LogP contribution < -0.4 is 16.0 Å². The van der Waals surface area contributed by atoms with Crippen molar-refractivity contribution in [2.75, 3.05) is 19.6 Å². The van der Waals surface area contributed by atoms with Crippen LogP contribution in [0.3, 0.4) is 0 Å². The monoisotopic (exact) mass is 814 g/mol. The van der Waals surface area contributed by atoms with Crippen molar-refractivity contribution >= 4 is 41.4 Å². The van der Waals surface area contributed by atoms with Crippen LogP contribution >= 0.6 is 0 Å². The second-order valence-electron chi connectivity index (χ2n) is 16.8. The smallest absolute Gasteiger partial charge is 0.329 e. The third-order valence-corrected chi connectivity index (χ3v) is 12.0. The molecule has 0 aliphatic carbocycles. The third kappa shape index (κ3) is 10.1. The average Bonchev–Trinajstić information content (AvgIpc) is 3.81. The van der Waals surface area contributed by atoms with E-state index in [0.29, 0.717) is 19.3 Å². The molecule has 0 aromatic heterocycles. The van der Waals surface area contributed by atoms with Gasteiger partial charge in [0.25, 0.3) is 0 Å². The van der Waals surface area contributed by atoms with Crippen LogP contribution in [0, 0.1) is 12.8 Å². The Bertz CT molecular complexity index is 1920. The number of hydrogen-bond acceptors (Lipinski definition) is 9. The fourth-order valence-corrected chi connectivity index (χ4v) is 8.83. The fraction of sp³-hybridized carbons (Fsp3) is 0.568. The Hall–Kier alpha value is -5.31. The summed E-state index contributed by atoms with van der Waals surface area (Å²) in [7, 11) is 0. The Balaban J connectivity index is 1.34. The van der Waals surface area contributed by atoms with Crippen molar-refractivity contribution in [1.82, 2.24) is 30.7 Å². The maximum atomic E-state index is 14.8. The number of carbonyl (C=O) groups excluding carboxylic acids is 7. The zero-order chi connectivity index (χ0) is 42.5. The second-order valence-corrected chi connectivity index (χ2v) is 16.8. The first-order chi connectivity index (χ1) is 28.1. The molecule has 4 aliphatic rings. The molecule has 4 heterocycles. The number of amides is 6. The SMILES string of the molecule is CCc1ccc(CC(=O)N[C@@H](Cc2cccc(C)c2)C(=O)N[C@@H]2C(=O)N3C[C@H](O)C[C@H]3C(=O)N3CCCC[C@H]3C(=O)N[C@@H](C)C(=O)N3C[C@@H](C)C[C@H]3C(=O)O[C@H]2C)cc1. The summed E-state index contributed by atoms with van der Waals surface area (Å²) in [6.45, 7) is 9.05. The van der Waals surface area contributed by atoms with Crippen LogP contribution in [0.5, 0.6) is 0 Å². The normalized spacial score (nSPS) is 28.6. The van der Waals surface area contributed by atoms with Crippen LogP contribution in [0.1, 0.15) is 82.1 Å². The number of aliphatic hydroxyl groups excluding tert-OH is 1. The minimum absolute atomic E-state index is 0.00338. The standard InChI is InChI=1S/C44H58N6O9/c1-6-29-13-15-30(16-14-29)21-37(52)46-33(20-31-11-9-10-25(2)18-31)39(53)47-38-28(5)59-44(58)36-19-26(3)23-49(36)41(55)27(4)45-40(54)34-12-7-8-17-48(34)42(56)35-22-32(51)24-50(35)43(38)57/h9-11,13-16,18,26-28,32-36,38,51H,6-8,12,17,19-24H2,1-5H3,(H,45,54)(H,46,52)(H,47,53)/t26-,27-,28-,32+,33-,34-,35-,36-,38-/m0/s1. The van der Waals surface area contributed by atoms with Gasteiger partial charge in [0, 0.05) is 32.5 Å². The summed E-state index contributed by atoms with van der Waals surface area (Å²) in [5.74, 6) is -4.35. The molecule has 59 heavy (non-hydrogen) atoms. The van der Waals surface area contributed by atoms with Crippen molar-refractivity contribution in [1.29, 1.82) is 0 Å². The van der Waals surface area contributed by atoms with Crippen molar-refractivity contribution in [2.45, 2.75) is 134 Å². The number of nitrogens with zero attached hydrogens (tertiary/aromatic N) is 3. The van der Waals surface area contributed by atoms with Gasteiger partial charge < -0.3 is 40.5 Å². The third-order valence-electron chi connectivity index (χ3n) is 12.0. The molecule has 15 nitrogen and oxygen atoms in total. The number of aliphatic hydroxyl groups is 1. The number of ether oxygens (including phenoxy) is 1. The van der Waals surface area contributed by atoms with Crippen LogP contribution in [0.4, 0.5) is 0 Å². The van der Waals surface area contributed by atoms with E-state index in [2.05, 4.69) is 16.0 Å². The van der Waals surface area contributed by atoms with Crippen LogP contribution in [0.2, 0.25) is 0 Å². The summed E-state index contributed by atoms with van der Waals surface area (Å²) in [4.78, 5) is 103. The van der Waals surface area contributed by atoms with Crippen LogP contribution in [0.15, 0.2) is 48.5 Å². The minimum Gasteiger partial charge on any atom is -0.458 e. The zero-order valence-corrected chi connectivity index (χ0v) is 34.6. The van der Waals surface area contributed by atoms with Crippen molar-refractivity contribution in [3.63, 3.8) is 0 Å². The van der Waals surface area contributed by atoms with Crippen LogP contribution in [-0.4, -0.2) is 129 Å². The molecule has 4 saturated heterocycles. The van der Waals surface area contributed by atoms with E-state index < -0.39 is 89.9 Å². The van der Waals surface area contributed by atoms with Crippen LogP contribution in [0.25, 0.3) is 0 Å². The van der Waals surface area contributed by atoms with Gasteiger partial charge in [-0.1, -0.05) is 67.9 Å². The Morgan fingerprint density at radius 3 is 2.27 bits per heavy atom. The van der Waals surface area contributed by atoms with E-state index in [4.69, 9.17) is 4.74 Å². The highest BCUT2D eigenvalue weighted by atomic mass is 16.5. The lowest BCUT2D eigenvalue weighted by Crippen LogP contribution is -2.63. The summed E-state index contributed by atoms with van der Waals surface area (Å²) < 4.78 is 5.96. The predicted molar refractivity (Wildman–Crippen MR) is 216 cm³/mol. The number of piperidine rings is 1. The fourth-order valence-electron chi connectivity index (χ4n) is 8.83. The molecular formula is C44H58N6O9. The van der Waals surface area contributed by atoms with Crippen LogP contribution in [-0.2, 0) is 57.6 Å². The lowest BCUT2D eigenvalue weighted by molar-refractivity contribution is -0.163. The van der Waals surface area contributed by atoms with Gasteiger partial charge in [-0.3, -0.25) is 28.8 Å². The minimum atomic E-state index is -1.57. The average molecular weight is 815 g/mol. The van der Waals surface area contributed by atoms with E-state index in [0.717, 1.165) is 28.7 Å². The van der Waals surface area contributed by atoms with E-state index in [1.54, 1.807) is 6.92 Å². The molecule has 0 saturated carbocycles. The molecule has 318 valence electrons. The van der Waals surface area contributed by atoms with E-state index in [9.17, 15) is 38.7 Å². The summed E-state index contributed by atoms with van der Waals surface area (Å²) in [5.41, 5.74) is 3.57. The Labute approximate surface area is 345 Å². The summed E-state index contributed by atoms with van der Waals surface area (Å²) >= 11 is 0. The molecule has 0 spiro atoms. The molecule has 4 fully saturated rings. The Morgan fingerprint density at radius 1 is 0.847 bits per heavy atom. The number of cyclic esters (lactones) is 1. The Kier molecular flexibility index (Phi) is 13.7. The number of fused-ring (bicyclic) bond motifs is 3. The molecule has 2 aromatic carbocycles. The van der Waals surface area contributed by atoms with Gasteiger partial charge in [0.05, 0.1) is 12.5 Å². The van der Waals surface area contributed by atoms with Gasteiger partial charge in [0.1, 0.15) is 42.4 Å². The van der Waals surface area contributed by atoms with Gasteiger partial charge in [-0.05, 0) is 75.5 Å². The first-order valence-electron chi connectivity index (χ1n) is 21.0. The molecule has 4 N–H and O–H groups in total. The van der Waals surface area contributed by atoms with E-state index in [1.807, 2.05) is 69.3 Å². The number of benzene rings is 2. The van der Waals surface area contributed by atoms with Crippen molar-refractivity contribution < 1.29 is 43.4 Å². The molecule has 2 aromatic rings. The number of nitrogens with one attached hydrogen (secondary N) is 3. The Morgan fingerprint density at radius 2 is 1.56 bits per heavy atom. The summed E-state index contributed by atoms with van der Waals surface area (Å²) in [6, 6.07) is 8.21. The quantitative estimate of drug-likeness (QED) is 0.285. The topological polar surface area (TPSA) is 195 Å². The number of carbonyl (C=O) groups is 7. The maximum Gasteiger partial charge on any atom is 0.329 e. The van der Waals surface area contributed by atoms with E-state index in [-0.39, 0.29) is 51.2 Å². The zero-order valence-electron chi connectivity index (χ0n) is 34.6. The van der Waals surface area contributed by atoms with E-state index >= 15 is 0 Å². The van der Waals surface area contributed by atoms with Crippen molar-refractivity contribution in [2.24, 2.45) is 5.92 Å². The van der Waals surface area contributed by atoms with Gasteiger partial charge in [-0.15, -0.1) is 0 Å². The molecule has 0 radical (unpaired) electrons. The number of rotatable bonds is 8. The number of esters is 1. The predicted octanol–water partition coefficient (Wildman–Crippen LogP) is 1.34.